The zero-order valence-electron chi connectivity index (χ0n) is 21.6. The zero-order chi connectivity index (χ0) is 26.6. The number of benzene rings is 2. The van der Waals surface area contributed by atoms with Crippen LogP contribution in [0.25, 0.3) is 22.2 Å². The van der Waals surface area contributed by atoms with Gasteiger partial charge in [-0.05, 0) is 36.1 Å². The van der Waals surface area contributed by atoms with Crippen LogP contribution in [-0.4, -0.2) is 50.8 Å². The lowest BCUT2D eigenvalue weighted by molar-refractivity contribution is -0.192. The number of aromatic amines is 1. The Morgan fingerprint density at radius 2 is 1.81 bits per heavy atom. The van der Waals surface area contributed by atoms with Gasteiger partial charge in [-0.15, -0.1) is 0 Å². The molecule has 2 aromatic heterocycles. The second-order valence-electron chi connectivity index (χ2n) is 9.18. The Kier molecular flexibility index (Phi) is 7.85. The molecule has 2 aromatic carbocycles. The third-order valence-electron chi connectivity index (χ3n) is 6.70. The Balaban J connectivity index is 1.75. The molecule has 0 atom stereocenters. The standard InChI is InChI=1S/C28H32N4O5/c1-5-6-11-23-29-24-22(16-28(2,36-3)37-4)30-31-26(33)25(24)32(23)17-18-12-14-19(15-13-18)20-9-7-8-10-21(20)27(34)35/h7-10,12-15H,5-6,11,16-17H2,1-4H3,(H,31,33)(H,34,35). The van der Waals surface area contributed by atoms with Crippen molar-refractivity contribution < 1.29 is 19.4 Å². The van der Waals surface area contributed by atoms with Crippen molar-refractivity contribution in [1.29, 1.82) is 0 Å². The number of carbonyl (C=O) groups is 1. The summed E-state index contributed by atoms with van der Waals surface area (Å²) in [6, 6.07) is 14.6. The predicted octanol–water partition coefficient (Wildman–Crippen LogP) is 4.43. The monoisotopic (exact) mass is 504 g/mol. The van der Waals surface area contributed by atoms with Crippen molar-refractivity contribution in [2.24, 2.45) is 0 Å². The van der Waals surface area contributed by atoms with Gasteiger partial charge in [0.15, 0.2) is 5.79 Å². The number of hydrogen-bond acceptors (Lipinski definition) is 6. The molecule has 9 heteroatoms. The van der Waals surface area contributed by atoms with Crippen LogP contribution in [0.3, 0.4) is 0 Å². The highest BCUT2D eigenvalue weighted by molar-refractivity contribution is 5.96. The Labute approximate surface area is 215 Å². The second-order valence-corrected chi connectivity index (χ2v) is 9.18. The first kappa shape index (κ1) is 26.2. The maximum Gasteiger partial charge on any atom is 0.336 e. The van der Waals surface area contributed by atoms with E-state index in [1.165, 1.54) is 0 Å². The van der Waals surface area contributed by atoms with Gasteiger partial charge in [0, 0.05) is 33.6 Å². The molecule has 0 bridgehead atoms. The Bertz CT molecular complexity index is 1450. The predicted molar refractivity (Wildman–Crippen MR) is 141 cm³/mol. The normalized spacial score (nSPS) is 11.8. The topological polar surface area (TPSA) is 119 Å². The molecular weight excluding hydrogens is 472 g/mol. The van der Waals surface area contributed by atoms with Gasteiger partial charge in [-0.2, -0.15) is 5.10 Å². The van der Waals surface area contributed by atoms with Gasteiger partial charge in [-0.1, -0.05) is 55.8 Å². The van der Waals surface area contributed by atoms with E-state index in [2.05, 4.69) is 17.1 Å². The molecule has 37 heavy (non-hydrogen) atoms. The van der Waals surface area contributed by atoms with Crippen molar-refractivity contribution in [3.63, 3.8) is 0 Å². The molecule has 194 valence electrons. The van der Waals surface area contributed by atoms with Crippen LogP contribution >= 0.6 is 0 Å². The average molecular weight is 505 g/mol. The van der Waals surface area contributed by atoms with Gasteiger partial charge in [0.25, 0.3) is 5.56 Å². The summed E-state index contributed by atoms with van der Waals surface area (Å²) < 4.78 is 13.0. The molecule has 0 amide bonds. The number of nitrogens with zero attached hydrogens (tertiary/aromatic N) is 3. The molecule has 0 aliphatic heterocycles. The zero-order valence-corrected chi connectivity index (χ0v) is 21.6. The lowest BCUT2D eigenvalue weighted by Crippen LogP contribution is -2.33. The number of imidazole rings is 1. The summed E-state index contributed by atoms with van der Waals surface area (Å²) in [5.74, 6) is -1.06. The number of ether oxygens (including phenoxy) is 2. The lowest BCUT2D eigenvalue weighted by atomic mass is 9.99. The molecule has 4 rings (SSSR count). The molecule has 0 aliphatic rings. The van der Waals surface area contributed by atoms with E-state index in [0.29, 0.717) is 35.3 Å². The van der Waals surface area contributed by atoms with Gasteiger partial charge in [-0.3, -0.25) is 4.79 Å². The fraction of sp³-hybridized carbons (Fsp3) is 0.357. The minimum absolute atomic E-state index is 0.253. The number of unbranched alkanes of at least 4 members (excludes halogenated alkanes) is 1. The van der Waals surface area contributed by atoms with E-state index >= 15 is 0 Å². The molecule has 2 heterocycles. The third kappa shape index (κ3) is 5.47. The molecule has 0 spiro atoms. The number of carboxylic acids is 1. The van der Waals surface area contributed by atoms with E-state index in [4.69, 9.17) is 14.5 Å². The molecule has 2 N–H and O–H groups in total. The number of rotatable bonds is 11. The largest absolute Gasteiger partial charge is 0.478 e. The van der Waals surface area contributed by atoms with Crippen molar-refractivity contribution in [3.8, 4) is 11.1 Å². The minimum atomic E-state index is -0.966. The van der Waals surface area contributed by atoms with Crippen LogP contribution < -0.4 is 5.56 Å². The van der Waals surface area contributed by atoms with Crippen molar-refractivity contribution in [3.05, 3.63) is 81.5 Å². The molecule has 4 aromatic rings. The van der Waals surface area contributed by atoms with Crippen LogP contribution in [0.1, 0.15) is 54.1 Å². The quantitative estimate of drug-likeness (QED) is 0.290. The molecule has 0 radical (unpaired) electrons. The highest BCUT2D eigenvalue weighted by Crippen LogP contribution is 2.26. The first-order chi connectivity index (χ1) is 17.8. The SMILES string of the molecule is CCCCc1nc2c(CC(C)(OC)OC)n[nH]c(=O)c2n1Cc1ccc(-c2ccccc2C(=O)O)cc1. The van der Waals surface area contributed by atoms with Gasteiger partial charge in [0.1, 0.15) is 16.9 Å². The Morgan fingerprint density at radius 1 is 1.11 bits per heavy atom. The minimum Gasteiger partial charge on any atom is -0.478 e. The summed E-state index contributed by atoms with van der Waals surface area (Å²) in [4.78, 5) is 29.5. The number of nitrogens with one attached hydrogen (secondary N) is 1. The van der Waals surface area contributed by atoms with E-state index < -0.39 is 11.8 Å². The van der Waals surface area contributed by atoms with Crippen molar-refractivity contribution >= 4 is 17.0 Å². The maximum atomic E-state index is 13.0. The molecule has 0 saturated carbocycles. The number of aryl methyl sites for hydroxylation is 1. The molecular formula is C28H32N4O5. The first-order valence-electron chi connectivity index (χ1n) is 12.3. The van der Waals surface area contributed by atoms with Crippen LogP contribution in [0.4, 0.5) is 0 Å². The van der Waals surface area contributed by atoms with Crippen LogP contribution in [0, 0.1) is 0 Å². The van der Waals surface area contributed by atoms with Crippen LogP contribution in [0.5, 0.6) is 0 Å². The fourth-order valence-electron chi connectivity index (χ4n) is 4.40. The molecule has 0 saturated heterocycles. The van der Waals surface area contributed by atoms with E-state index in [0.717, 1.165) is 36.2 Å². The molecule has 0 aliphatic carbocycles. The van der Waals surface area contributed by atoms with E-state index in [1.54, 1.807) is 32.4 Å². The number of H-pyrrole nitrogens is 1. The van der Waals surface area contributed by atoms with Gasteiger partial charge in [0.2, 0.25) is 0 Å². The Hall–Kier alpha value is -3.82. The maximum absolute atomic E-state index is 13.0. The number of aromatic nitrogens is 4. The number of fused-ring (bicyclic) bond motifs is 1. The van der Waals surface area contributed by atoms with Crippen LogP contribution in [0.15, 0.2) is 53.3 Å². The fourth-order valence-corrected chi connectivity index (χ4v) is 4.40. The summed E-state index contributed by atoms with van der Waals surface area (Å²) >= 11 is 0. The summed E-state index contributed by atoms with van der Waals surface area (Å²) in [5, 5.41) is 16.4. The highest BCUT2D eigenvalue weighted by Gasteiger charge is 2.28. The molecule has 0 unspecified atom stereocenters. The number of aromatic carboxylic acids is 1. The number of hydrogen-bond donors (Lipinski definition) is 2. The van der Waals surface area contributed by atoms with Crippen molar-refractivity contribution in [1.82, 2.24) is 19.7 Å². The average Bonchev–Trinajstić information content (AvgIpc) is 3.28. The van der Waals surface area contributed by atoms with E-state index in [-0.39, 0.29) is 11.1 Å². The lowest BCUT2D eigenvalue weighted by Gasteiger charge is -2.25. The molecule has 9 nitrogen and oxygen atoms in total. The van der Waals surface area contributed by atoms with Crippen molar-refractivity contribution in [2.75, 3.05) is 14.2 Å². The first-order valence-corrected chi connectivity index (χ1v) is 12.3. The van der Waals surface area contributed by atoms with Crippen LogP contribution in [-0.2, 0) is 28.9 Å². The van der Waals surface area contributed by atoms with E-state index in [9.17, 15) is 14.7 Å². The van der Waals surface area contributed by atoms with Gasteiger partial charge < -0.3 is 19.1 Å². The van der Waals surface area contributed by atoms with E-state index in [1.807, 2.05) is 41.8 Å². The van der Waals surface area contributed by atoms with Crippen LogP contribution in [0.2, 0.25) is 0 Å². The highest BCUT2D eigenvalue weighted by atomic mass is 16.7. The third-order valence-corrected chi connectivity index (χ3v) is 6.70. The van der Waals surface area contributed by atoms with Gasteiger partial charge in [0.05, 0.1) is 11.3 Å². The van der Waals surface area contributed by atoms with Gasteiger partial charge in [-0.25, -0.2) is 14.9 Å². The second kappa shape index (κ2) is 11.1. The summed E-state index contributed by atoms with van der Waals surface area (Å²) in [6.07, 6.45) is 2.96. The van der Waals surface area contributed by atoms with Gasteiger partial charge >= 0.3 is 5.97 Å². The summed E-state index contributed by atoms with van der Waals surface area (Å²) in [5.41, 5.74) is 3.98. The Morgan fingerprint density at radius 3 is 2.46 bits per heavy atom. The summed E-state index contributed by atoms with van der Waals surface area (Å²) in [7, 11) is 3.13. The smallest absolute Gasteiger partial charge is 0.336 e. The number of carboxylic acid groups (broad SMARTS) is 1. The summed E-state index contributed by atoms with van der Waals surface area (Å²) in [6.45, 7) is 4.36. The van der Waals surface area contributed by atoms with Crippen molar-refractivity contribution in [2.45, 2.75) is 51.9 Å². The number of methoxy groups -OCH3 is 2. The molecule has 0 fully saturated rings.